The SMILES string of the molecule is C=CCOc1cnc(-c2cccc3cc(C#CCCCC(C)F)ccc23)nc1. The molecule has 1 heterocycles. The molecule has 0 N–H and O–H groups in total. The fourth-order valence-electron chi connectivity index (χ4n) is 2.88. The molecular formula is C24H23FN2O. The number of hydrogen-bond acceptors (Lipinski definition) is 3. The lowest BCUT2D eigenvalue weighted by atomic mass is 10.0. The fourth-order valence-corrected chi connectivity index (χ4v) is 2.88. The average molecular weight is 374 g/mol. The van der Waals surface area contributed by atoms with Gasteiger partial charge >= 0.3 is 0 Å². The largest absolute Gasteiger partial charge is 0.486 e. The van der Waals surface area contributed by atoms with Crippen LogP contribution in [-0.4, -0.2) is 22.7 Å². The fraction of sp³-hybridized carbons (Fsp3) is 0.250. The highest BCUT2D eigenvalue weighted by atomic mass is 19.1. The van der Waals surface area contributed by atoms with Crippen LogP contribution in [0.4, 0.5) is 4.39 Å². The molecule has 0 aliphatic heterocycles. The predicted molar refractivity (Wildman–Crippen MR) is 112 cm³/mol. The van der Waals surface area contributed by atoms with Crippen molar-refractivity contribution in [3.63, 3.8) is 0 Å². The topological polar surface area (TPSA) is 35.0 Å². The summed E-state index contributed by atoms with van der Waals surface area (Å²) in [6.07, 6.45) is 6.32. The van der Waals surface area contributed by atoms with Crippen LogP contribution in [0.1, 0.15) is 31.7 Å². The Kier molecular flexibility index (Phi) is 6.75. The van der Waals surface area contributed by atoms with E-state index >= 15 is 0 Å². The first-order chi connectivity index (χ1) is 13.7. The number of fused-ring (bicyclic) bond motifs is 1. The lowest BCUT2D eigenvalue weighted by Gasteiger charge is -2.07. The van der Waals surface area contributed by atoms with E-state index in [0.717, 1.165) is 28.3 Å². The molecule has 4 heteroatoms. The van der Waals surface area contributed by atoms with Crippen LogP contribution < -0.4 is 4.74 Å². The van der Waals surface area contributed by atoms with Crippen LogP contribution in [0.3, 0.4) is 0 Å². The maximum atomic E-state index is 12.8. The minimum Gasteiger partial charge on any atom is -0.486 e. The number of alkyl halides is 1. The maximum absolute atomic E-state index is 12.8. The van der Waals surface area contributed by atoms with Gasteiger partial charge in [0.1, 0.15) is 6.61 Å². The average Bonchev–Trinajstić information content (AvgIpc) is 2.71. The molecule has 1 aromatic heterocycles. The molecule has 0 spiro atoms. The van der Waals surface area contributed by atoms with Gasteiger partial charge in [-0.15, -0.1) is 0 Å². The highest BCUT2D eigenvalue weighted by Crippen LogP contribution is 2.27. The number of ether oxygens (including phenoxy) is 1. The molecular weight excluding hydrogens is 351 g/mol. The second-order valence-electron chi connectivity index (χ2n) is 6.56. The monoisotopic (exact) mass is 374 g/mol. The van der Waals surface area contributed by atoms with Crippen molar-refractivity contribution in [2.24, 2.45) is 0 Å². The molecule has 142 valence electrons. The Morgan fingerprint density at radius 3 is 2.79 bits per heavy atom. The van der Waals surface area contributed by atoms with Gasteiger partial charge in [0.05, 0.1) is 18.6 Å². The Hall–Kier alpha value is -3.19. The van der Waals surface area contributed by atoms with Gasteiger partial charge in [0.25, 0.3) is 0 Å². The van der Waals surface area contributed by atoms with E-state index in [2.05, 4.69) is 40.5 Å². The zero-order chi connectivity index (χ0) is 19.8. The Labute approximate surface area is 165 Å². The van der Waals surface area contributed by atoms with Crippen LogP contribution in [0.2, 0.25) is 0 Å². The molecule has 0 aliphatic rings. The van der Waals surface area contributed by atoms with Crippen LogP contribution in [0, 0.1) is 11.8 Å². The molecule has 28 heavy (non-hydrogen) atoms. The zero-order valence-corrected chi connectivity index (χ0v) is 16.0. The van der Waals surface area contributed by atoms with Crippen LogP contribution in [0.15, 0.2) is 61.4 Å². The van der Waals surface area contributed by atoms with Crippen LogP contribution in [-0.2, 0) is 0 Å². The number of aromatic nitrogens is 2. The standard InChI is InChI=1S/C24H23FN2O/c1-3-14-28-21-16-26-24(27-17-21)23-11-7-10-20-15-19(12-13-22(20)23)9-6-4-5-8-18(2)25/h3,7,10-13,15-18H,1,4-5,8,14H2,2H3. The first kappa shape index (κ1) is 19.6. The van der Waals surface area contributed by atoms with Crippen molar-refractivity contribution in [1.82, 2.24) is 9.97 Å². The number of rotatable bonds is 7. The first-order valence-corrected chi connectivity index (χ1v) is 9.39. The van der Waals surface area contributed by atoms with Crippen LogP contribution >= 0.6 is 0 Å². The quantitative estimate of drug-likeness (QED) is 0.300. The van der Waals surface area contributed by atoms with Gasteiger partial charge in [-0.3, -0.25) is 0 Å². The Morgan fingerprint density at radius 1 is 1.21 bits per heavy atom. The van der Waals surface area contributed by atoms with E-state index in [1.54, 1.807) is 25.4 Å². The highest BCUT2D eigenvalue weighted by molar-refractivity contribution is 5.95. The van der Waals surface area contributed by atoms with E-state index in [0.29, 0.717) is 31.0 Å². The molecule has 3 nitrogen and oxygen atoms in total. The van der Waals surface area contributed by atoms with E-state index in [9.17, 15) is 4.39 Å². The Bertz CT molecular complexity index is 1000. The third-order valence-corrected chi connectivity index (χ3v) is 4.25. The summed E-state index contributed by atoms with van der Waals surface area (Å²) in [6.45, 7) is 5.63. The summed E-state index contributed by atoms with van der Waals surface area (Å²) in [6, 6.07) is 12.2. The van der Waals surface area contributed by atoms with E-state index in [1.807, 2.05) is 24.3 Å². The molecule has 0 amide bonds. The molecule has 1 unspecified atom stereocenters. The van der Waals surface area contributed by atoms with Gasteiger partial charge in [-0.2, -0.15) is 0 Å². The van der Waals surface area contributed by atoms with Crippen molar-refractivity contribution in [2.45, 2.75) is 32.4 Å². The Balaban J connectivity index is 1.80. The second-order valence-corrected chi connectivity index (χ2v) is 6.56. The van der Waals surface area contributed by atoms with Crippen molar-refractivity contribution in [3.05, 3.63) is 67.0 Å². The van der Waals surface area contributed by atoms with E-state index in [-0.39, 0.29) is 0 Å². The molecule has 0 bridgehead atoms. The van der Waals surface area contributed by atoms with Gasteiger partial charge in [0.2, 0.25) is 0 Å². The maximum Gasteiger partial charge on any atom is 0.159 e. The Morgan fingerprint density at radius 2 is 2.04 bits per heavy atom. The first-order valence-electron chi connectivity index (χ1n) is 9.39. The molecule has 3 aromatic rings. The molecule has 0 aliphatic carbocycles. The van der Waals surface area contributed by atoms with Crippen molar-refractivity contribution >= 4 is 10.8 Å². The van der Waals surface area contributed by atoms with Crippen LogP contribution in [0.5, 0.6) is 5.75 Å². The number of nitrogens with zero attached hydrogens (tertiary/aromatic N) is 2. The molecule has 1 atom stereocenters. The second kappa shape index (κ2) is 9.66. The van der Waals surface area contributed by atoms with Crippen molar-refractivity contribution in [1.29, 1.82) is 0 Å². The normalized spacial score (nSPS) is 11.5. The van der Waals surface area contributed by atoms with Crippen molar-refractivity contribution < 1.29 is 9.13 Å². The van der Waals surface area contributed by atoms with E-state index in [1.165, 1.54) is 0 Å². The lowest BCUT2D eigenvalue weighted by molar-refractivity contribution is 0.336. The predicted octanol–water partition coefficient (Wildman–Crippen LogP) is 5.74. The number of benzene rings is 2. The van der Waals surface area contributed by atoms with Crippen molar-refractivity contribution in [3.8, 4) is 29.0 Å². The summed E-state index contributed by atoms with van der Waals surface area (Å²) >= 11 is 0. The molecule has 3 rings (SSSR count). The number of hydrogen-bond donors (Lipinski definition) is 0. The number of halogens is 1. The minimum atomic E-state index is -0.759. The van der Waals surface area contributed by atoms with Crippen molar-refractivity contribution in [2.75, 3.05) is 6.61 Å². The minimum absolute atomic E-state index is 0.424. The summed E-state index contributed by atoms with van der Waals surface area (Å²) in [5.41, 5.74) is 1.91. The van der Waals surface area contributed by atoms with E-state index in [4.69, 9.17) is 4.74 Å². The van der Waals surface area contributed by atoms with Gasteiger partial charge in [0.15, 0.2) is 11.6 Å². The summed E-state index contributed by atoms with van der Waals surface area (Å²) in [7, 11) is 0. The summed E-state index contributed by atoms with van der Waals surface area (Å²) < 4.78 is 18.2. The lowest BCUT2D eigenvalue weighted by Crippen LogP contribution is -1.96. The summed E-state index contributed by atoms with van der Waals surface area (Å²) in [5, 5.41) is 2.15. The van der Waals surface area contributed by atoms with Gasteiger partial charge in [0, 0.05) is 17.5 Å². The van der Waals surface area contributed by atoms with Gasteiger partial charge < -0.3 is 4.74 Å². The molecule has 0 saturated carbocycles. The molecule has 0 radical (unpaired) electrons. The number of unbranched alkanes of at least 4 members (excludes halogenated alkanes) is 1. The van der Waals surface area contributed by atoms with Gasteiger partial charge in [-0.05, 0) is 42.7 Å². The molecule has 2 aromatic carbocycles. The summed E-state index contributed by atoms with van der Waals surface area (Å²) in [5.74, 6) is 7.56. The van der Waals surface area contributed by atoms with Crippen LogP contribution in [0.25, 0.3) is 22.2 Å². The van der Waals surface area contributed by atoms with Gasteiger partial charge in [-0.25, -0.2) is 14.4 Å². The van der Waals surface area contributed by atoms with E-state index < -0.39 is 6.17 Å². The highest BCUT2D eigenvalue weighted by Gasteiger charge is 2.07. The van der Waals surface area contributed by atoms with Gasteiger partial charge in [-0.1, -0.05) is 48.8 Å². The summed E-state index contributed by atoms with van der Waals surface area (Å²) in [4.78, 5) is 8.86. The third-order valence-electron chi connectivity index (χ3n) is 4.25. The molecule has 0 saturated heterocycles. The molecule has 0 fully saturated rings. The third kappa shape index (κ3) is 5.17. The smallest absolute Gasteiger partial charge is 0.159 e. The zero-order valence-electron chi connectivity index (χ0n) is 16.0.